The van der Waals surface area contributed by atoms with E-state index in [1.807, 2.05) is 23.0 Å². The van der Waals surface area contributed by atoms with Gasteiger partial charge in [-0.15, -0.1) is 0 Å². The van der Waals surface area contributed by atoms with E-state index < -0.39 is 5.97 Å². The first-order chi connectivity index (χ1) is 13.2. The summed E-state index contributed by atoms with van der Waals surface area (Å²) in [7, 11) is 1.36. The van der Waals surface area contributed by atoms with E-state index in [2.05, 4.69) is 4.57 Å². The Kier molecular flexibility index (Phi) is 3.56. The van der Waals surface area contributed by atoms with Crippen LogP contribution in [0.15, 0.2) is 30.5 Å². The minimum atomic E-state index is -0.435. The van der Waals surface area contributed by atoms with Crippen molar-refractivity contribution in [3.05, 3.63) is 41.9 Å². The van der Waals surface area contributed by atoms with Crippen LogP contribution in [0.2, 0.25) is 0 Å². The molecule has 1 aromatic carbocycles. The van der Waals surface area contributed by atoms with Crippen molar-refractivity contribution < 1.29 is 9.53 Å². The van der Waals surface area contributed by atoms with Gasteiger partial charge in [0, 0.05) is 30.4 Å². The summed E-state index contributed by atoms with van der Waals surface area (Å²) >= 11 is 0. The Morgan fingerprint density at radius 3 is 2.93 bits per heavy atom. The standard InChI is InChI=1S/C20H21N5O2/c1-27-20(26)14-11-12(4-7-15(14)21)19-18(22-17-3-2-9-24(17)19)16-8-10-25(23-16)13-5-6-13/h4,7-8,10-11,13H,2-3,5-6,9,21H2,1H3. The number of aromatic nitrogens is 4. The molecule has 27 heavy (non-hydrogen) atoms. The third-order valence-electron chi connectivity index (χ3n) is 5.33. The smallest absolute Gasteiger partial charge is 0.339 e. The van der Waals surface area contributed by atoms with E-state index in [-0.39, 0.29) is 0 Å². The highest BCUT2D eigenvalue weighted by Gasteiger charge is 2.28. The van der Waals surface area contributed by atoms with Gasteiger partial charge in [0.05, 0.1) is 24.4 Å². The number of rotatable bonds is 4. The highest BCUT2D eigenvalue weighted by atomic mass is 16.5. The van der Waals surface area contributed by atoms with Crippen LogP contribution in [0.25, 0.3) is 22.6 Å². The molecule has 1 aliphatic carbocycles. The minimum absolute atomic E-state index is 0.373. The number of benzene rings is 1. The molecule has 0 unspecified atom stereocenters. The van der Waals surface area contributed by atoms with E-state index in [4.69, 9.17) is 20.6 Å². The van der Waals surface area contributed by atoms with Gasteiger partial charge in [0.1, 0.15) is 17.2 Å². The van der Waals surface area contributed by atoms with Crippen LogP contribution < -0.4 is 5.73 Å². The molecule has 2 aliphatic rings. The summed E-state index contributed by atoms with van der Waals surface area (Å²) in [4.78, 5) is 17.0. The van der Waals surface area contributed by atoms with E-state index >= 15 is 0 Å². The monoisotopic (exact) mass is 363 g/mol. The molecule has 0 amide bonds. The van der Waals surface area contributed by atoms with Gasteiger partial charge < -0.3 is 15.0 Å². The average Bonchev–Trinajstić information content (AvgIpc) is 3.08. The Morgan fingerprint density at radius 2 is 2.15 bits per heavy atom. The van der Waals surface area contributed by atoms with Gasteiger partial charge in [-0.1, -0.05) is 6.07 Å². The van der Waals surface area contributed by atoms with Gasteiger partial charge in [-0.05, 0) is 37.5 Å². The molecule has 2 N–H and O–H groups in total. The van der Waals surface area contributed by atoms with Gasteiger partial charge in [0.2, 0.25) is 0 Å². The molecule has 0 spiro atoms. The number of nitrogens with two attached hydrogens (primary N) is 1. The number of carbonyl (C=O) groups excluding carboxylic acids is 1. The number of aryl methyl sites for hydroxylation is 1. The molecule has 7 nitrogen and oxygen atoms in total. The quantitative estimate of drug-likeness (QED) is 0.568. The first-order valence-corrected chi connectivity index (χ1v) is 9.29. The summed E-state index contributed by atoms with van der Waals surface area (Å²) in [6.45, 7) is 0.916. The Bertz CT molecular complexity index is 1040. The maximum absolute atomic E-state index is 12.1. The summed E-state index contributed by atoms with van der Waals surface area (Å²) < 4.78 is 9.14. The summed E-state index contributed by atoms with van der Waals surface area (Å²) in [5, 5.41) is 4.76. The van der Waals surface area contributed by atoms with Crippen molar-refractivity contribution >= 4 is 11.7 Å². The van der Waals surface area contributed by atoms with Crippen molar-refractivity contribution in [1.29, 1.82) is 0 Å². The molecule has 2 aromatic heterocycles. The van der Waals surface area contributed by atoms with Crippen LogP contribution in [-0.4, -0.2) is 32.4 Å². The number of hydrogen-bond acceptors (Lipinski definition) is 5. The second-order valence-corrected chi connectivity index (χ2v) is 7.19. The third kappa shape index (κ3) is 2.61. The second kappa shape index (κ2) is 5.97. The maximum atomic E-state index is 12.1. The molecule has 0 bridgehead atoms. The Morgan fingerprint density at radius 1 is 1.30 bits per heavy atom. The molecule has 7 heteroatoms. The number of carbonyl (C=O) groups is 1. The number of fused-ring (bicyclic) bond motifs is 1. The van der Waals surface area contributed by atoms with E-state index in [1.54, 1.807) is 12.1 Å². The van der Waals surface area contributed by atoms with Crippen LogP contribution in [0, 0.1) is 0 Å². The predicted molar refractivity (Wildman–Crippen MR) is 101 cm³/mol. The van der Waals surface area contributed by atoms with Gasteiger partial charge in [-0.2, -0.15) is 5.10 Å². The van der Waals surface area contributed by atoms with Crippen molar-refractivity contribution in [3.63, 3.8) is 0 Å². The van der Waals surface area contributed by atoms with Crippen LogP contribution in [0.5, 0.6) is 0 Å². The number of methoxy groups -OCH3 is 1. The molecule has 1 aliphatic heterocycles. The van der Waals surface area contributed by atoms with Gasteiger partial charge in [0.25, 0.3) is 0 Å². The number of ether oxygens (including phenoxy) is 1. The van der Waals surface area contributed by atoms with E-state index in [0.29, 0.717) is 17.3 Å². The summed E-state index contributed by atoms with van der Waals surface area (Å²) in [5.41, 5.74) is 10.4. The fraction of sp³-hybridized carbons (Fsp3) is 0.350. The van der Waals surface area contributed by atoms with Gasteiger partial charge >= 0.3 is 5.97 Å². The predicted octanol–water partition coefficient (Wildman–Crippen LogP) is 3.06. The number of nitrogens with zero attached hydrogens (tertiary/aromatic N) is 4. The first-order valence-electron chi connectivity index (χ1n) is 9.29. The fourth-order valence-corrected chi connectivity index (χ4v) is 3.79. The Labute approximate surface area is 156 Å². The Hall–Kier alpha value is -3.09. The van der Waals surface area contributed by atoms with Crippen molar-refractivity contribution in [1.82, 2.24) is 19.3 Å². The molecule has 1 fully saturated rings. The number of imidazole rings is 1. The number of nitrogen functional groups attached to an aromatic ring is 1. The van der Waals surface area contributed by atoms with Gasteiger partial charge in [0.15, 0.2) is 0 Å². The van der Waals surface area contributed by atoms with Crippen molar-refractivity contribution in [2.24, 2.45) is 0 Å². The summed E-state index contributed by atoms with van der Waals surface area (Å²) in [6.07, 6.45) is 6.44. The number of hydrogen-bond donors (Lipinski definition) is 1. The lowest BCUT2D eigenvalue weighted by Gasteiger charge is -2.10. The molecule has 1 saturated carbocycles. The largest absolute Gasteiger partial charge is 0.465 e. The van der Waals surface area contributed by atoms with Gasteiger partial charge in [-0.25, -0.2) is 9.78 Å². The molecule has 5 rings (SSSR count). The van der Waals surface area contributed by atoms with E-state index in [1.165, 1.54) is 20.0 Å². The molecule has 3 aromatic rings. The second-order valence-electron chi connectivity index (χ2n) is 7.19. The van der Waals surface area contributed by atoms with E-state index in [0.717, 1.165) is 47.9 Å². The van der Waals surface area contributed by atoms with Crippen LogP contribution in [0.1, 0.15) is 41.5 Å². The third-order valence-corrected chi connectivity index (χ3v) is 5.33. The lowest BCUT2D eigenvalue weighted by molar-refractivity contribution is 0.0602. The van der Waals surface area contributed by atoms with Crippen molar-refractivity contribution in [3.8, 4) is 22.6 Å². The zero-order valence-corrected chi connectivity index (χ0v) is 15.2. The van der Waals surface area contributed by atoms with Crippen LogP contribution >= 0.6 is 0 Å². The maximum Gasteiger partial charge on any atom is 0.339 e. The fourth-order valence-electron chi connectivity index (χ4n) is 3.79. The lowest BCUT2D eigenvalue weighted by atomic mass is 10.0. The molecular formula is C20H21N5O2. The zero-order valence-electron chi connectivity index (χ0n) is 15.2. The average molecular weight is 363 g/mol. The molecule has 0 atom stereocenters. The van der Waals surface area contributed by atoms with Gasteiger partial charge in [-0.3, -0.25) is 4.68 Å². The normalized spacial score (nSPS) is 15.7. The molecule has 0 saturated heterocycles. The van der Waals surface area contributed by atoms with Crippen LogP contribution in [0.3, 0.4) is 0 Å². The van der Waals surface area contributed by atoms with Crippen molar-refractivity contribution in [2.75, 3.05) is 12.8 Å². The number of anilines is 1. The zero-order chi connectivity index (χ0) is 18.5. The highest BCUT2D eigenvalue weighted by molar-refractivity contribution is 5.97. The topological polar surface area (TPSA) is 88.0 Å². The van der Waals surface area contributed by atoms with Crippen molar-refractivity contribution in [2.45, 2.75) is 38.3 Å². The lowest BCUT2D eigenvalue weighted by Crippen LogP contribution is -2.06. The molecule has 0 radical (unpaired) electrons. The SMILES string of the molecule is COC(=O)c1cc(-c2c(-c3ccn(C4CC4)n3)nc3n2CCC3)ccc1N. The highest BCUT2D eigenvalue weighted by Crippen LogP contribution is 2.38. The summed E-state index contributed by atoms with van der Waals surface area (Å²) in [5.74, 6) is 0.632. The summed E-state index contributed by atoms with van der Waals surface area (Å²) in [6, 6.07) is 8.04. The molecular weight excluding hydrogens is 342 g/mol. The van der Waals surface area contributed by atoms with Crippen LogP contribution in [-0.2, 0) is 17.7 Å². The first kappa shape index (κ1) is 16.1. The minimum Gasteiger partial charge on any atom is -0.465 e. The number of esters is 1. The van der Waals surface area contributed by atoms with Crippen LogP contribution in [0.4, 0.5) is 5.69 Å². The van der Waals surface area contributed by atoms with E-state index in [9.17, 15) is 4.79 Å². The molecule has 138 valence electrons. The molecule has 3 heterocycles. The Balaban J connectivity index is 1.66.